The zero-order valence-electron chi connectivity index (χ0n) is 15.7. The van der Waals surface area contributed by atoms with Crippen molar-refractivity contribution >= 4 is 11.8 Å². The molecule has 2 heterocycles. The number of carbonyl (C=O) groups excluding carboxylic acids is 2. The van der Waals surface area contributed by atoms with E-state index in [-0.39, 0.29) is 17.9 Å². The molecule has 0 saturated carbocycles. The van der Waals surface area contributed by atoms with Crippen LogP contribution < -0.4 is 5.32 Å². The van der Waals surface area contributed by atoms with Crippen LogP contribution in [0, 0.1) is 6.92 Å². The van der Waals surface area contributed by atoms with Crippen molar-refractivity contribution in [3.63, 3.8) is 0 Å². The average molecular weight is 354 g/mol. The van der Waals surface area contributed by atoms with Crippen molar-refractivity contribution in [2.75, 3.05) is 6.54 Å². The second-order valence-electron chi connectivity index (χ2n) is 6.99. The molecule has 1 aliphatic heterocycles. The monoisotopic (exact) mass is 354 g/mol. The Balaban J connectivity index is 1.78. The van der Waals surface area contributed by atoms with E-state index in [4.69, 9.17) is 0 Å². The lowest BCUT2D eigenvalue weighted by atomic mass is 10.1. The first kappa shape index (κ1) is 18.2. The molecule has 3 rings (SSSR count). The number of rotatable bonds is 5. The van der Waals surface area contributed by atoms with E-state index in [0.29, 0.717) is 31.0 Å². The Hall–Kier alpha value is -2.63. The molecule has 1 aliphatic rings. The molecule has 2 amide bonds. The molecule has 0 unspecified atom stereocenters. The molecule has 6 heteroatoms. The number of fused-ring (bicyclic) bond motifs is 1. The number of aromatic nitrogens is 2. The van der Waals surface area contributed by atoms with Gasteiger partial charge in [-0.1, -0.05) is 36.8 Å². The molecule has 1 aromatic heterocycles. The lowest BCUT2D eigenvalue weighted by Gasteiger charge is -2.20. The van der Waals surface area contributed by atoms with E-state index in [1.54, 1.807) is 10.7 Å². The van der Waals surface area contributed by atoms with Crippen molar-refractivity contribution in [3.05, 3.63) is 52.8 Å². The topological polar surface area (TPSA) is 67.2 Å². The van der Waals surface area contributed by atoms with Gasteiger partial charge >= 0.3 is 0 Å². The molecule has 1 N–H and O–H groups in total. The summed E-state index contributed by atoms with van der Waals surface area (Å²) in [6.07, 6.45) is 1.67. The van der Waals surface area contributed by atoms with Gasteiger partial charge in [0.25, 0.3) is 11.8 Å². The van der Waals surface area contributed by atoms with Crippen LogP contribution in [0.4, 0.5) is 0 Å². The minimum absolute atomic E-state index is 0.0711. The van der Waals surface area contributed by atoms with Gasteiger partial charge in [-0.25, -0.2) is 0 Å². The normalized spacial score (nSPS) is 15.3. The Morgan fingerprint density at radius 2 is 2.00 bits per heavy atom. The Morgan fingerprint density at radius 3 is 2.69 bits per heavy atom. The van der Waals surface area contributed by atoms with E-state index in [9.17, 15) is 9.59 Å². The van der Waals surface area contributed by atoms with Crippen molar-refractivity contribution in [1.82, 2.24) is 20.0 Å². The fourth-order valence-corrected chi connectivity index (χ4v) is 3.01. The Morgan fingerprint density at radius 1 is 1.27 bits per heavy atom. The van der Waals surface area contributed by atoms with Crippen molar-refractivity contribution in [2.24, 2.45) is 0 Å². The summed E-state index contributed by atoms with van der Waals surface area (Å²) in [6.45, 7) is 7.91. The first-order valence-electron chi connectivity index (χ1n) is 9.21. The molecule has 0 bridgehead atoms. The van der Waals surface area contributed by atoms with Gasteiger partial charge in [-0.05, 0) is 32.3 Å². The number of nitrogens with zero attached hydrogens (tertiary/aromatic N) is 3. The molecule has 26 heavy (non-hydrogen) atoms. The number of carbonyl (C=O) groups is 2. The molecule has 0 aliphatic carbocycles. The van der Waals surface area contributed by atoms with Gasteiger partial charge in [0.05, 0.1) is 0 Å². The van der Waals surface area contributed by atoms with E-state index in [2.05, 4.69) is 34.7 Å². The van der Waals surface area contributed by atoms with E-state index < -0.39 is 0 Å². The van der Waals surface area contributed by atoms with Crippen LogP contribution in [-0.2, 0) is 13.1 Å². The summed E-state index contributed by atoms with van der Waals surface area (Å²) in [5.41, 5.74) is 3.10. The highest BCUT2D eigenvalue weighted by atomic mass is 16.2. The summed E-state index contributed by atoms with van der Waals surface area (Å²) in [7, 11) is 0. The van der Waals surface area contributed by atoms with Crippen LogP contribution in [-0.4, -0.2) is 39.1 Å². The molecule has 0 radical (unpaired) electrons. The van der Waals surface area contributed by atoms with Crippen molar-refractivity contribution in [3.8, 4) is 0 Å². The Bertz CT molecular complexity index is 795. The molecule has 1 atom stereocenters. The zero-order valence-corrected chi connectivity index (χ0v) is 15.7. The van der Waals surface area contributed by atoms with Crippen molar-refractivity contribution in [1.29, 1.82) is 0 Å². The maximum absolute atomic E-state index is 13.0. The summed E-state index contributed by atoms with van der Waals surface area (Å²) in [4.78, 5) is 27.1. The maximum atomic E-state index is 13.0. The number of hydrogen-bond acceptors (Lipinski definition) is 3. The van der Waals surface area contributed by atoms with Crippen LogP contribution in [0.3, 0.4) is 0 Å². The van der Waals surface area contributed by atoms with Gasteiger partial charge in [0.2, 0.25) is 0 Å². The van der Waals surface area contributed by atoms with E-state index >= 15 is 0 Å². The fraction of sp³-hybridized carbons (Fsp3) is 0.450. The Labute approximate surface area is 154 Å². The molecule has 0 saturated heterocycles. The molecular formula is C20H26N4O2. The third-order valence-electron chi connectivity index (χ3n) is 4.80. The van der Waals surface area contributed by atoms with Gasteiger partial charge in [-0.15, -0.1) is 0 Å². The molecule has 0 spiro atoms. The minimum atomic E-state index is -0.224. The Kier molecular flexibility index (Phi) is 5.40. The van der Waals surface area contributed by atoms with E-state index in [1.165, 1.54) is 5.56 Å². The number of amides is 2. The smallest absolute Gasteiger partial charge is 0.272 e. The minimum Gasteiger partial charge on any atom is -0.348 e. The molecule has 6 nitrogen and oxygen atoms in total. The van der Waals surface area contributed by atoms with Gasteiger partial charge < -0.3 is 10.2 Å². The standard InChI is InChI=1S/C20H26N4O2/c1-4-15(3)21-19(25)17-12-18-20(26)23(10-5-11-24(18)22-17)13-16-8-6-14(2)7-9-16/h6-9,12,15H,4-5,10-11,13H2,1-3H3,(H,21,25)/t15-/m1/s1. The zero-order chi connectivity index (χ0) is 18.7. The quantitative estimate of drug-likeness (QED) is 0.898. The number of aryl methyl sites for hydroxylation is 2. The third kappa shape index (κ3) is 3.95. The van der Waals surface area contributed by atoms with Crippen LogP contribution in [0.1, 0.15) is 58.8 Å². The molecule has 2 aromatic rings. The molecule has 1 aromatic carbocycles. The van der Waals surface area contributed by atoms with E-state index in [0.717, 1.165) is 18.4 Å². The SMILES string of the molecule is CC[C@@H](C)NC(=O)c1cc2n(n1)CCCN(Cc1ccc(C)cc1)C2=O. The first-order valence-corrected chi connectivity index (χ1v) is 9.21. The second-order valence-corrected chi connectivity index (χ2v) is 6.99. The molecule has 0 fully saturated rings. The van der Waals surface area contributed by atoms with Crippen molar-refractivity contribution in [2.45, 2.75) is 52.7 Å². The lowest BCUT2D eigenvalue weighted by molar-refractivity contribution is 0.0745. The largest absolute Gasteiger partial charge is 0.348 e. The summed E-state index contributed by atoms with van der Waals surface area (Å²) >= 11 is 0. The maximum Gasteiger partial charge on any atom is 0.272 e. The lowest BCUT2D eigenvalue weighted by Crippen LogP contribution is -2.32. The number of benzene rings is 1. The second kappa shape index (κ2) is 7.72. The average Bonchev–Trinajstić information content (AvgIpc) is 3.00. The third-order valence-corrected chi connectivity index (χ3v) is 4.80. The van der Waals surface area contributed by atoms with Crippen LogP contribution in [0.15, 0.2) is 30.3 Å². The van der Waals surface area contributed by atoms with Crippen LogP contribution in [0.5, 0.6) is 0 Å². The number of hydrogen-bond donors (Lipinski definition) is 1. The highest BCUT2D eigenvalue weighted by Crippen LogP contribution is 2.17. The highest BCUT2D eigenvalue weighted by Gasteiger charge is 2.26. The van der Waals surface area contributed by atoms with Crippen LogP contribution in [0.25, 0.3) is 0 Å². The summed E-state index contributed by atoms with van der Waals surface area (Å²) in [5, 5.41) is 7.26. The van der Waals surface area contributed by atoms with Gasteiger partial charge in [0.1, 0.15) is 5.69 Å². The highest BCUT2D eigenvalue weighted by molar-refractivity contribution is 5.98. The fourth-order valence-electron chi connectivity index (χ4n) is 3.01. The van der Waals surface area contributed by atoms with Crippen LogP contribution >= 0.6 is 0 Å². The molecular weight excluding hydrogens is 328 g/mol. The van der Waals surface area contributed by atoms with Crippen molar-refractivity contribution < 1.29 is 9.59 Å². The predicted molar refractivity (Wildman–Crippen MR) is 100.0 cm³/mol. The van der Waals surface area contributed by atoms with Gasteiger partial charge in [0.15, 0.2) is 5.69 Å². The predicted octanol–water partition coefficient (Wildman–Crippen LogP) is 2.77. The van der Waals surface area contributed by atoms with Gasteiger partial charge in [-0.2, -0.15) is 5.10 Å². The summed E-state index contributed by atoms with van der Waals surface area (Å²) in [6, 6.07) is 9.91. The van der Waals surface area contributed by atoms with Gasteiger partial charge in [0, 0.05) is 31.7 Å². The number of nitrogens with one attached hydrogen (secondary N) is 1. The summed E-state index contributed by atoms with van der Waals surface area (Å²) < 4.78 is 1.67. The van der Waals surface area contributed by atoms with Gasteiger partial charge in [-0.3, -0.25) is 14.3 Å². The van der Waals surface area contributed by atoms with E-state index in [1.807, 2.05) is 25.7 Å². The first-order chi connectivity index (χ1) is 12.5. The summed E-state index contributed by atoms with van der Waals surface area (Å²) in [5.74, 6) is -0.295. The van der Waals surface area contributed by atoms with Crippen LogP contribution in [0.2, 0.25) is 0 Å². The molecule has 138 valence electrons.